The van der Waals surface area contributed by atoms with Gasteiger partial charge in [-0.1, -0.05) is 42.5 Å². The maximum Gasteiger partial charge on any atom is 0.222 e. The largest absolute Gasteiger partial charge is 0.353 e. The number of nitrogens with one attached hydrogen (secondary N) is 1. The lowest BCUT2D eigenvalue weighted by atomic mass is 10.1. The highest BCUT2D eigenvalue weighted by atomic mass is 16.1. The fraction of sp³-hybridized carbons (Fsp3) is 0.375. The minimum atomic E-state index is 0.0558. The zero-order valence-electron chi connectivity index (χ0n) is 17.1. The fourth-order valence-electron chi connectivity index (χ4n) is 3.54. The Bertz CT molecular complexity index is 983. The number of benzene rings is 2. The third-order valence-electron chi connectivity index (χ3n) is 5.35. The highest BCUT2D eigenvalue weighted by molar-refractivity contribution is 5.90. The Labute approximate surface area is 172 Å². The van der Waals surface area contributed by atoms with Gasteiger partial charge in [0.15, 0.2) is 0 Å². The van der Waals surface area contributed by atoms with Crippen LogP contribution in [0.5, 0.6) is 0 Å². The van der Waals surface area contributed by atoms with Gasteiger partial charge in [0.2, 0.25) is 5.91 Å². The molecule has 1 aliphatic rings. The lowest BCUT2D eigenvalue weighted by Gasteiger charge is -2.29. The van der Waals surface area contributed by atoms with Crippen molar-refractivity contribution in [2.24, 2.45) is 0 Å². The summed E-state index contributed by atoms with van der Waals surface area (Å²) < 4.78 is 0. The molecule has 5 nitrogen and oxygen atoms in total. The fourth-order valence-corrected chi connectivity index (χ4v) is 3.54. The number of aromatic nitrogens is 2. The first-order valence-corrected chi connectivity index (χ1v) is 10.5. The van der Waals surface area contributed by atoms with Crippen LogP contribution >= 0.6 is 0 Å². The molecule has 1 saturated carbocycles. The monoisotopic (exact) mass is 388 g/mol. The van der Waals surface area contributed by atoms with Gasteiger partial charge in [-0.15, -0.1) is 0 Å². The van der Waals surface area contributed by atoms with Crippen molar-refractivity contribution in [2.75, 3.05) is 11.4 Å². The Morgan fingerprint density at radius 3 is 2.52 bits per heavy atom. The summed E-state index contributed by atoms with van der Waals surface area (Å²) in [6.07, 6.45) is 2.77. The maximum atomic E-state index is 12.5. The average Bonchev–Trinajstić information content (AvgIpc) is 3.58. The second-order valence-corrected chi connectivity index (χ2v) is 8.00. The van der Waals surface area contributed by atoms with Gasteiger partial charge in [0.25, 0.3) is 0 Å². The van der Waals surface area contributed by atoms with Gasteiger partial charge in [-0.05, 0) is 44.4 Å². The summed E-state index contributed by atoms with van der Waals surface area (Å²) in [7, 11) is 0. The van der Waals surface area contributed by atoms with E-state index in [0.29, 0.717) is 25.4 Å². The van der Waals surface area contributed by atoms with E-state index in [1.165, 1.54) is 12.8 Å². The van der Waals surface area contributed by atoms with Crippen LogP contribution in [0.2, 0.25) is 0 Å². The number of carbonyl (C=O) groups is 1. The van der Waals surface area contributed by atoms with Gasteiger partial charge >= 0.3 is 0 Å². The summed E-state index contributed by atoms with van der Waals surface area (Å²) in [5.41, 5.74) is 2.09. The Morgan fingerprint density at radius 2 is 1.79 bits per heavy atom. The summed E-state index contributed by atoms with van der Waals surface area (Å²) in [6.45, 7) is 5.48. The van der Waals surface area contributed by atoms with E-state index >= 15 is 0 Å². The summed E-state index contributed by atoms with van der Waals surface area (Å²) in [5.74, 6) is 2.43. The molecule has 1 amide bonds. The van der Waals surface area contributed by atoms with Crippen molar-refractivity contribution in [3.05, 3.63) is 66.0 Å². The van der Waals surface area contributed by atoms with E-state index in [0.717, 1.165) is 28.1 Å². The van der Waals surface area contributed by atoms with Gasteiger partial charge < -0.3 is 10.2 Å². The molecule has 0 saturated heterocycles. The van der Waals surface area contributed by atoms with Crippen LogP contribution in [0.3, 0.4) is 0 Å². The zero-order valence-corrected chi connectivity index (χ0v) is 17.1. The molecule has 0 spiro atoms. The van der Waals surface area contributed by atoms with E-state index in [1.807, 2.05) is 42.5 Å². The average molecular weight is 389 g/mol. The predicted molar refractivity (Wildman–Crippen MR) is 117 cm³/mol. The van der Waals surface area contributed by atoms with Crippen LogP contribution in [0.15, 0.2) is 54.6 Å². The van der Waals surface area contributed by atoms with Gasteiger partial charge in [0.05, 0.1) is 5.52 Å². The quantitative estimate of drug-likeness (QED) is 0.620. The van der Waals surface area contributed by atoms with Gasteiger partial charge in [-0.2, -0.15) is 0 Å². The van der Waals surface area contributed by atoms with Gasteiger partial charge in [-0.25, -0.2) is 9.97 Å². The molecule has 1 heterocycles. The minimum Gasteiger partial charge on any atom is -0.353 e. The highest BCUT2D eigenvalue weighted by Crippen LogP contribution is 2.40. The van der Waals surface area contributed by atoms with E-state index in [2.05, 4.69) is 36.2 Å². The van der Waals surface area contributed by atoms with Crippen molar-refractivity contribution in [3.63, 3.8) is 0 Å². The molecule has 150 valence electrons. The lowest BCUT2D eigenvalue weighted by molar-refractivity contribution is -0.121. The van der Waals surface area contributed by atoms with Crippen LogP contribution in [0, 0.1) is 0 Å². The van der Waals surface area contributed by atoms with Gasteiger partial charge in [0, 0.05) is 36.9 Å². The Balaban J connectivity index is 1.50. The van der Waals surface area contributed by atoms with Crippen molar-refractivity contribution >= 4 is 22.6 Å². The molecule has 29 heavy (non-hydrogen) atoms. The number of amides is 1. The molecule has 0 bridgehead atoms. The van der Waals surface area contributed by atoms with Crippen LogP contribution < -0.4 is 10.2 Å². The molecule has 1 N–H and O–H groups in total. The topological polar surface area (TPSA) is 58.1 Å². The summed E-state index contributed by atoms with van der Waals surface area (Å²) >= 11 is 0. The number of nitrogens with zero attached hydrogens (tertiary/aromatic N) is 3. The van der Waals surface area contributed by atoms with Gasteiger partial charge in [-0.3, -0.25) is 4.79 Å². The van der Waals surface area contributed by atoms with E-state index in [4.69, 9.17) is 9.97 Å². The van der Waals surface area contributed by atoms with Crippen molar-refractivity contribution in [3.8, 4) is 0 Å². The van der Waals surface area contributed by atoms with Gasteiger partial charge in [0.1, 0.15) is 11.6 Å². The second kappa shape index (κ2) is 8.60. The Morgan fingerprint density at radius 1 is 1.07 bits per heavy atom. The number of anilines is 1. The number of fused-ring (bicyclic) bond motifs is 1. The summed E-state index contributed by atoms with van der Waals surface area (Å²) in [5, 5.41) is 4.07. The number of hydrogen-bond donors (Lipinski definition) is 1. The molecule has 1 aliphatic carbocycles. The second-order valence-electron chi connectivity index (χ2n) is 8.00. The molecular formula is C24H28N4O. The zero-order chi connectivity index (χ0) is 20.2. The molecule has 0 radical (unpaired) electrons. The number of carbonyl (C=O) groups excluding carboxylic acids is 1. The third-order valence-corrected chi connectivity index (χ3v) is 5.35. The Hall–Kier alpha value is -2.95. The number of para-hydroxylation sites is 1. The molecule has 1 aromatic heterocycles. The van der Waals surface area contributed by atoms with Crippen molar-refractivity contribution < 1.29 is 4.79 Å². The van der Waals surface area contributed by atoms with E-state index in [1.54, 1.807) is 0 Å². The highest BCUT2D eigenvalue weighted by Gasteiger charge is 2.28. The standard InChI is InChI=1S/C24H28N4O/c1-17(2)28(15-14-22(29)25-16-18-8-4-3-5-9-18)24-20-10-6-7-11-21(20)26-23(27-24)19-12-13-19/h3-11,17,19H,12-16H2,1-2H3,(H,25,29). The van der Waals surface area contributed by atoms with E-state index in [9.17, 15) is 4.79 Å². The van der Waals surface area contributed by atoms with Crippen molar-refractivity contribution in [1.82, 2.24) is 15.3 Å². The molecule has 0 unspecified atom stereocenters. The van der Waals surface area contributed by atoms with Crippen LogP contribution in [0.1, 0.15) is 50.4 Å². The van der Waals surface area contributed by atoms with Crippen molar-refractivity contribution in [2.45, 2.75) is 51.6 Å². The molecule has 5 heteroatoms. The molecule has 1 fully saturated rings. The molecule has 4 rings (SSSR count). The van der Waals surface area contributed by atoms with Crippen LogP contribution in [0.25, 0.3) is 10.9 Å². The first-order chi connectivity index (χ1) is 14.1. The number of rotatable bonds is 8. The third kappa shape index (κ3) is 4.73. The predicted octanol–water partition coefficient (Wildman–Crippen LogP) is 4.43. The summed E-state index contributed by atoms with van der Waals surface area (Å²) in [6, 6.07) is 18.4. The number of hydrogen-bond acceptors (Lipinski definition) is 4. The smallest absolute Gasteiger partial charge is 0.222 e. The molecular weight excluding hydrogens is 360 g/mol. The minimum absolute atomic E-state index is 0.0558. The molecule has 3 aromatic rings. The van der Waals surface area contributed by atoms with Crippen LogP contribution in [-0.2, 0) is 11.3 Å². The summed E-state index contributed by atoms with van der Waals surface area (Å²) in [4.78, 5) is 24.4. The molecule has 0 atom stereocenters. The SMILES string of the molecule is CC(C)N(CCC(=O)NCc1ccccc1)c1nc(C2CC2)nc2ccccc12. The Kier molecular flexibility index (Phi) is 5.74. The first kappa shape index (κ1) is 19.4. The van der Waals surface area contributed by atoms with Crippen LogP contribution in [-0.4, -0.2) is 28.5 Å². The van der Waals surface area contributed by atoms with E-state index < -0.39 is 0 Å². The van der Waals surface area contributed by atoms with Crippen molar-refractivity contribution in [1.29, 1.82) is 0 Å². The lowest BCUT2D eigenvalue weighted by Crippen LogP contribution is -2.36. The maximum absolute atomic E-state index is 12.5. The van der Waals surface area contributed by atoms with E-state index in [-0.39, 0.29) is 11.9 Å². The van der Waals surface area contributed by atoms with Crippen LogP contribution in [0.4, 0.5) is 5.82 Å². The normalized spacial score (nSPS) is 13.6. The molecule has 2 aromatic carbocycles. The molecule has 0 aliphatic heterocycles. The first-order valence-electron chi connectivity index (χ1n) is 10.5.